The van der Waals surface area contributed by atoms with E-state index in [1.807, 2.05) is 24.3 Å². The zero-order valence-electron chi connectivity index (χ0n) is 23.2. The second-order valence-electron chi connectivity index (χ2n) is 10.9. The molecule has 0 spiro atoms. The van der Waals surface area contributed by atoms with E-state index in [9.17, 15) is 0 Å². The molecule has 0 aliphatic rings. The highest BCUT2D eigenvalue weighted by molar-refractivity contribution is 6.17. The summed E-state index contributed by atoms with van der Waals surface area (Å²) in [5.41, 5.74) is 8.58. The maximum atomic E-state index is 6.78. The summed E-state index contributed by atoms with van der Waals surface area (Å²) in [6.45, 7) is 0. The van der Waals surface area contributed by atoms with E-state index in [1.165, 1.54) is 5.39 Å². The van der Waals surface area contributed by atoms with Crippen molar-refractivity contribution in [3.8, 4) is 11.1 Å². The molecule has 2 aromatic heterocycles. The third-order valence-electron chi connectivity index (χ3n) is 8.46. The molecule has 9 aromatic rings. The molecule has 0 N–H and O–H groups in total. The summed E-state index contributed by atoms with van der Waals surface area (Å²) in [5, 5.41) is 6.66. The van der Waals surface area contributed by atoms with Gasteiger partial charge in [0.05, 0.1) is 17.1 Å². The Labute approximate surface area is 247 Å². The second-order valence-corrected chi connectivity index (χ2v) is 10.9. The van der Waals surface area contributed by atoms with E-state index in [2.05, 4.69) is 132 Å². The third-order valence-corrected chi connectivity index (χ3v) is 8.46. The van der Waals surface area contributed by atoms with E-state index < -0.39 is 0 Å². The predicted molar refractivity (Wildman–Crippen MR) is 179 cm³/mol. The lowest BCUT2D eigenvalue weighted by molar-refractivity contribution is 0.666. The van der Waals surface area contributed by atoms with Crippen LogP contribution in [0.4, 0.5) is 17.1 Å². The normalized spacial score (nSPS) is 11.7. The number of rotatable bonds is 4. The Bertz CT molecular complexity index is 2460. The number of fused-ring (bicyclic) bond motifs is 7. The van der Waals surface area contributed by atoms with Crippen molar-refractivity contribution in [3.63, 3.8) is 0 Å². The molecule has 0 amide bonds. The van der Waals surface area contributed by atoms with Crippen LogP contribution in [-0.4, -0.2) is 0 Å². The molecule has 3 nitrogen and oxygen atoms in total. The Morgan fingerprint density at radius 2 is 0.930 bits per heavy atom. The molecule has 0 aliphatic heterocycles. The summed E-state index contributed by atoms with van der Waals surface area (Å²) in [7, 11) is 0. The van der Waals surface area contributed by atoms with Crippen molar-refractivity contribution < 1.29 is 8.83 Å². The highest BCUT2D eigenvalue weighted by Crippen LogP contribution is 2.50. The summed E-state index contributed by atoms with van der Waals surface area (Å²) in [4.78, 5) is 2.35. The van der Waals surface area contributed by atoms with Crippen LogP contribution in [0.5, 0.6) is 0 Å². The van der Waals surface area contributed by atoms with Gasteiger partial charge in [0.15, 0.2) is 11.2 Å². The van der Waals surface area contributed by atoms with Gasteiger partial charge in [-0.05, 0) is 41.3 Å². The van der Waals surface area contributed by atoms with Gasteiger partial charge in [-0.15, -0.1) is 0 Å². The maximum Gasteiger partial charge on any atom is 0.160 e. The van der Waals surface area contributed by atoms with E-state index in [4.69, 9.17) is 8.83 Å². The molecule has 202 valence electrons. The molecule has 2 heterocycles. The molecule has 0 aliphatic carbocycles. The number of benzene rings is 7. The van der Waals surface area contributed by atoms with E-state index >= 15 is 0 Å². The molecule has 0 saturated heterocycles. The van der Waals surface area contributed by atoms with E-state index in [1.54, 1.807) is 0 Å². The van der Waals surface area contributed by atoms with Gasteiger partial charge in [0, 0.05) is 32.5 Å². The Morgan fingerprint density at radius 1 is 0.372 bits per heavy atom. The van der Waals surface area contributed by atoms with Crippen LogP contribution in [0, 0.1) is 0 Å². The van der Waals surface area contributed by atoms with Gasteiger partial charge in [0.25, 0.3) is 0 Å². The summed E-state index contributed by atoms with van der Waals surface area (Å²) in [6.07, 6.45) is 0. The zero-order chi connectivity index (χ0) is 28.3. The minimum Gasteiger partial charge on any atom is -0.454 e. The maximum absolute atomic E-state index is 6.78. The first-order chi connectivity index (χ1) is 21.3. The number of anilines is 3. The van der Waals surface area contributed by atoms with Gasteiger partial charge in [-0.3, -0.25) is 0 Å². The van der Waals surface area contributed by atoms with E-state index in [0.717, 1.165) is 77.5 Å². The van der Waals surface area contributed by atoms with Gasteiger partial charge in [0.2, 0.25) is 0 Å². The van der Waals surface area contributed by atoms with Crippen LogP contribution in [0.2, 0.25) is 0 Å². The molecular weight excluding hydrogens is 526 g/mol. The fourth-order valence-electron chi connectivity index (χ4n) is 6.53. The first kappa shape index (κ1) is 23.9. The summed E-state index contributed by atoms with van der Waals surface area (Å²) >= 11 is 0. The lowest BCUT2D eigenvalue weighted by Gasteiger charge is -2.29. The first-order valence-corrected chi connectivity index (χ1v) is 14.5. The molecule has 3 heteroatoms. The standard InChI is InChI=1S/C40H25NO2/c1-2-12-27(13-3-1)29-24-25-33-31-18-7-9-23-37(31)43-40(33)38(29)41(34-20-10-15-26-14-4-5-16-28(26)34)35-21-11-19-32-30-17-6-8-22-36(30)42-39(32)35/h1-25H. The zero-order valence-corrected chi connectivity index (χ0v) is 23.2. The fraction of sp³-hybridized carbons (Fsp3) is 0. The van der Waals surface area contributed by atoms with E-state index in [0.29, 0.717) is 0 Å². The second kappa shape index (κ2) is 9.37. The van der Waals surface area contributed by atoms with Crippen LogP contribution in [0.15, 0.2) is 160 Å². The van der Waals surface area contributed by atoms with Crippen LogP contribution in [0.25, 0.3) is 65.8 Å². The van der Waals surface area contributed by atoms with Crippen LogP contribution in [0.1, 0.15) is 0 Å². The van der Waals surface area contributed by atoms with Crippen molar-refractivity contribution in [2.24, 2.45) is 0 Å². The van der Waals surface area contributed by atoms with Crippen molar-refractivity contribution in [1.82, 2.24) is 0 Å². The highest BCUT2D eigenvalue weighted by atomic mass is 16.3. The number of para-hydroxylation sites is 3. The summed E-state index contributed by atoms with van der Waals surface area (Å²) < 4.78 is 13.4. The van der Waals surface area contributed by atoms with Crippen molar-refractivity contribution in [2.45, 2.75) is 0 Å². The fourth-order valence-corrected chi connectivity index (χ4v) is 6.53. The summed E-state index contributed by atoms with van der Waals surface area (Å²) in [5.74, 6) is 0. The van der Waals surface area contributed by atoms with Crippen molar-refractivity contribution >= 4 is 71.7 Å². The number of furan rings is 2. The smallest absolute Gasteiger partial charge is 0.160 e. The van der Waals surface area contributed by atoms with Gasteiger partial charge in [0.1, 0.15) is 11.2 Å². The molecule has 0 unspecified atom stereocenters. The molecule has 43 heavy (non-hydrogen) atoms. The van der Waals surface area contributed by atoms with Gasteiger partial charge in [-0.25, -0.2) is 0 Å². The van der Waals surface area contributed by atoms with Crippen molar-refractivity contribution in [2.75, 3.05) is 4.90 Å². The minimum atomic E-state index is 0.837. The molecule has 0 atom stereocenters. The van der Waals surface area contributed by atoms with Gasteiger partial charge < -0.3 is 13.7 Å². The van der Waals surface area contributed by atoms with Crippen LogP contribution in [-0.2, 0) is 0 Å². The van der Waals surface area contributed by atoms with Crippen molar-refractivity contribution in [1.29, 1.82) is 0 Å². The number of nitrogens with zero attached hydrogens (tertiary/aromatic N) is 1. The quantitative estimate of drug-likeness (QED) is 0.218. The van der Waals surface area contributed by atoms with Gasteiger partial charge in [-0.1, -0.05) is 121 Å². The van der Waals surface area contributed by atoms with Crippen molar-refractivity contribution in [3.05, 3.63) is 152 Å². The van der Waals surface area contributed by atoms with Crippen LogP contribution < -0.4 is 4.90 Å². The SMILES string of the molecule is c1ccc(-c2ccc3c(oc4ccccc43)c2N(c2cccc3ccccc23)c2cccc3c2oc2ccccc23)cc1. The molecule has 9 rings (SSSR count). The Hall–Kier alpha value is -5.80. The molecular formula is C40H25NO2. The van der Waals surface area contributed by atoms with E-state index in [-0.39, 0.29) is 0 Å². The Balaban J connectivity index is 1.48. The topological polar surface area (TPSA) is 29.5 Å². The average molecular weight is 552 g/mol. The Kier molecular flexibility index (Phi) is 5.20. The minimum absolute atomic E-state index is 0.837. The lowest BCUT2D eigenvalue weighted by atomic mass is 9.98. The largest absolute Gasteiger partial charge is 0.454 e. The summed E-state index contributed by atoms with van der Waals surface area (Å²) in [6, 6.07) is 53.0. The van der Waals surface area contributed by atoms with Crippen LogP contribution in [0.3, 0.4) is 0 Å². The Morgan fingerprint density at radius 3 is 1.72 bits per heavy atom. The van der Waals surface area contributed by atoms with Gasteiger partial charge in [-0.2, -0.15) is 0 Å². The molecule has 0 fully saturated rings. The number of hydrogen-bond donors (Lipinski definition) is 0. The molecule has 0 bridgehead atoms. The number of hydrogen-bond acceptors (Lipinski definition) is 3. The average Bonchev–Trinajstić information content (AvgIpc) is 3.65. The predicted octanol–water partition coefficient (Wildman–Crippen LogP) is 11.8. The highest BCUT2D eigenvalue weighted by Gasteiger charge is 2.27. The molecule has 7 aromatic carbocycles. The lowest BCUT2D eigenvalue weighted by Crippen LogP contribution is -2.12. The monoisotopic (exact) mass is 551 g/mol. The molecule has 0 radical (unpaired) electrons. The van der Waals surface area contributed by atoms with Crippen LogP contribution >= 0.6 is 0 Å². The molecule has 0 saturated carbocycles. The third kappa shape index (κ3) is 3.62. The van der Waals surface area contributed by atoms with Gasteiger partial charge >= 0.3 is 0 Å². The first-order valence-electron chi connectivity index (χ1n) is 14.5.